The first kappa shape index (κ1) is 19.2. The van der Waals surface area contributed by atoms with E-state index in [0.29, 0.717) is 24.6 Å². The van der Waals surface area contributed by atoms with Gasteiger partial charge in [0.2, 0.25) is 5.91 Å². The van der Waals surface area contributed by atoms with Crippen molar-refractivity contribution in [2.45, 2.75) is 58.2 Å². The minimum atomic E-state index is -0.511. The molecule has 1 aromatic rings. The fraction of sp³-hybridized carbons (Fsp3) is 0.579. The standard InChI is InChI=1S/C19H29N3O3/c1-18(2,3)25-17(24)21-12-19(4,15-8-9-15)22-11-13-6-5-7-14(10-13)16(20)23/h5-7,10,15,22H,8-9,11-12H2,1-4H3,(H2,20,23)(H,21,24). The quantitative estimate of drug-likeness (QED) is 0.707. The van der Waals surface area contributed by atoms with Crippen LogP contribution in [0.2, 0.25) is 0 Å². The van der Waals surface area contributed by atoms with E-state index < -0.39 is 17.6 Å². The maximum Gasteiger partial charge on any atom is 0.407 e. The lowest BCUT2D eigenvalue weighted by Crippen LogP contribution is -2.53. The van der Waals surface area contributed by atoms with Gasteiger partial charge in [0, 0.05) is 24.2 Å². The Morgan fingerprint density at radius 3 is 2.48 bits per heavy atom. The Bertz CT molecular complexity index is 635. The molecule has 0 heterocycles. The number of ether oxygens (including phenoxy) is 1. The smallest absolute Gasteiger partial charge is 0.407 e. The van der Waals surface area contributed by atoms with Crippen LogP contribution in [0, 0.1) is 5.92 Å². The normalized spacial score (nSPS) is 16.8. The molecule has 6 nitrogen and oxygen atoms in total. The lowest BCUT2D eigenvalue weighted by molar-refractivity contribution is 0.0507. The van der Waals surface area contributed by atoms with E-state index in [1.807, 2.05) is 32.9 Å². The van der Waals surface area contributed by atoms with Gasteiger partial charge in [0.25, 0.3) is 0 Å². The number of hydrogen-bond donors (Lipinski definition) is 3. The maximum absolute atomic E-state index is 11.9. The molecule has 1 unspecified atom stereocenters. The predicted octanol–water partition coefficient (Wildman–Crippen LogP) is 2.57. The predicted molar refractivity (Wildman–Crippen MR) is 97.2 cm³/mol. The molecule has 138 valence electrons. The Balaban J connectivity index is 1.94. The van der Waals surface area contributed by atoms with Crippen LogP contribution < -0.4 is 16.4 Å². The molecule has 0 bridgehead atoms. The second-order valence-electron chi connectivity index (χ2n) is 7.97. The zero-order valence-corrected chi connectivity index (χ0v) is 15.5. The Kier molecular flexibility index (Phi) is 5.72. The van der Waals surface area contributed by atoms with E-state index in [2.05, 4.69) is 17.6 Å². The average Bonchev–Trinajstić information content (AvgIpc) is 3.35. The van der Waals surface area contributed by atoms with Crippen LogP contribution in [-0.2, 0) is 11.3 Å². The molecule has 25 heavy (non-hydrogen) atoms. The van der Waals surface area contributed by atoms with Crippen LogP contribution in [-0.4, -0.2) is 29.7 Å². The summed E-state index contributed by atoms with van der Waals surface area (Å²) >= 11 is 0. The molecule has 0 aliphatic heterocycles. The van der Waals surface area contributed by atoms with Gasteiger partial charge in [0.1, 0.15) is 5.60 Å². The number of primary amides is 1. The third-order valence-electron chi connectivity index (χ3n) is 4.39. The van der Waals surface area contributed by atoms with Crippen LogP contribution in [0.15, 0.2) is 24.3 Å². The lowest BCUT2D eigenvalue weighted by Gasteiger charge is -2.32. The highest BCUT2D eigenvalue weighted by Crippen LogP contribution is 2.39. The van der Waals surface area contributed by atoms with Crippen LogP contribution in [0.1, 0.15) is 56.5 Å². The van der Waals surface area contributed by atoms with Crippen molar-refractivity contribution in [3.8, 4) is 0 Å². The van der Waals surface area contributed by atoms with Gasteiger partial charge in [-0.3, -0.25) is 4.79 Å². The first-order valence-electron chi connectivity index (χ1n) is 8.70. The number of nitrogens with one attached hydrogen (secondary N) is 2. The molecule has 0 aromatic heterocycles. The average molecular weight is 347 g/mol. The molecule has 0 radical (unpaired) electrons. The second kappa shape index (κ2) is 7.44. The summed E-state index contributed by atoms with van der Waals surface area (Å²) in [5, 5.41) is 6.41. The van der Waals surface area contributed by atoms with Crippen molar-refractivity contribution >= 4 is 12.0 Å². The third kappa shape index (κ3) is 6.05. The van der Waals surface area contributed by atoms with Gasteiger partial charge in [-0.05, 0) is 64.2 Å². The number of rotatable bonds is 7. The van der Waals surface area contributed by atoms with Crippen molar-refractivity contribution < 1.29 is 14.3 Å². The van der Waals surface area contributed by atoms with E-state index in [9.17, 15) is 9.59 Å². The number of carbonyl (C=O) groups excluding carboxylic acids is 2. The Morgan fingerprint density at radius 2 is 1.92 bits per heavy atom. The summed E-state index contributed by atoms with van der Waals surface area (Å²) in [5.41, 5.74) is 6.09. The second-order valence-corrected chi connectivity index (χ2v) is 7.97. The topological polar surface area (TPSA) is 93.4 Å². The summed E-state index contributed by atoms with van der Waals surface area (Å²) in [7, 11) is 0. The fourth-order valence-corrected chi connectivity index (χ4v) is 2.78. The summed E-state index contributed by atoms with van der Waals surface area (Å²) in [6.45, 7) is 8.73. The van der Waals surface area contributed by atoms with Crippen LogP contribution in [0.3, 0.4) is 0 Å². The van der Waals surface area contributed by atoms with Gasteiger partial charge in [-0.2, -0.15) is 0 Å². The molecule has 1 aliphatic rings. The first-order valence-corrected chi connectivity index (χ1v) is 8.70. The minimum absolute atomic E-state index is 0.223. The highest BCUT2D eigenvalue weighted by atomic mass is 16.6. The van der Waals surface area contributed by atoms with Crippen molar-refractivity contribution in [1.29, 1.82) is 0 Å². The molecule has 2 rings (SSSR count). The molecule has 1 fully saturated rings. The number of hydrogen-bond acceptors (Lipinski definition) is 4. The van der Waals surface area contributed by atoms with E-state index in [0.717, 1.165) is 18.4 Å². The van der Waals surface area contributed by atoms with Crippen molar-refractivity contribution in [2.24, 2.45) is 11.7 Å². The van der Waals surface area contributed by atoms with Crippen LogP contribution >= 0.6 is 0 Å². The molecule has 0 spiro atoms. The van der Waals surface area contributed by atoms with Crippen molar-refractivity contribution in [2.75, 3.05) is 6.54 Å². The van der Waals surface area contributed by atoms with Crippen LogP contribution in [0.5, 0.6) is 0 Å². The summed E-state index contributed by atoms with van der Waals surface area (Å²) in [6.07, 6.45) is 1.87. The first-order chi connectivity index (χ1) is 11.6. The molecule has 0 saturated heterocycles. The summed E-state index contributed by atoms with van der Waals surface area (Å²) in [6, 6.07) is 7.28. The number of alkyl carbamates (subject to hydrolysis) is 1. The van der Waals surface area contributed by atoms with Gasteiger partial charge in [-0.15, -0.1) is 0 Å². The van der Waals surface area contributed by atoms with Gasteiger partial charge >= 0.3 is 6.09 Å². The van der Waals surface area contributed by atoms with Gasteiger partial charge in [0.05, 0.1) is 0 Å². The lowest BCUT2D eigenvalue weighted by atomic mass is 9.95. The summed E-state index contributed by atoms with van der Waals surface area (Å²) < 4.78 is 5.31. The molecule has 6 heteroatoms. The van der Waals surface area contributed by atoms with Crippen molar-refractivity contribution in [1.82, 2.24) is 10.6 Å². The van der Waals surface area contributed by atoms with E-state index >= 15 is 0 Å². The molecule has 1 atom stereocenters. The van der Waals surface area contributed by atoms with E-state index in [-0.39, 0.29) is 5.54 Å². The number of benzene rings is 1. The molecule has 4 N–H and O–H groups in total. The molecule has 2 amide bonds. The molecule has 1 aliphatic carbocycles. The van der Waals surface area contributed by atoms with Gasteiger partial charge < -0.3 is 21.1 Å². The van der Waals surface area contributed by atoms with Gasteiger partial charge in [-0.25, -0.2) is 4.79 Å². The molecule has 1 aromatic carbocycles. The van der Waals surface area contributed by atoms with Crippen molar-refractivity contribution in [3.63, 3.8) is 0 Å². The number of amides is 2. The highest BCUT2D eigenvalue weighted by Gasteiger charge is 2.41. The minimum Gasteiger partial charge on any atom is -0.444 e. The third-order valence-corrected chi connectivity index (χ3v) is 4.39. The maximum atomic E-state index is 11.9. The van der Waals surface area contributed by atoms with E-state index in [1.54, 1.807) is 12.1 Å². The van der Waals surface area contributed by atoms with Crippen LogP contribution in [0.4, 0.5) is 4.79 Å². The van der Waals surface area contributed by atoms with E-state index in [1.165, 1.54) is 0 Å². The zero-order valence-electron chi connectivity index (χ0n) is 15.5. The van der Waals surface area contributed by atoms with Crippen molar-refractivity contribution in [3.05, 3.63) is 35.4 Å². The van der Waals surface area contributed by atoms with Crippen LogP contribution in [0.25, 0.3) is 0 Å². The Labute approximate surface area is 149 Å². The Morgan fingerprint density at radius 1 is 1.24 bits per heavy atom. The fourth-order valence-electron chi connectivity index (χ4n) is 2.78. The molecular formula is C19H29N3O3. The molecular weight excluding hydrogens is 318 g/mol. The Hall–Kier alpha value is -2.08. The summed E-state index contributed by atoms with van der Waals surface area (Å²) in [4.78, 5) is 23.2. The monoisotopic (exact) mass is 347 g/mol. The van der Waals surface area contributed by atoms with Gasteiger partial charge in [-0.1, -0.05) is 12.1 Å². The highest BCUT2D eigenvalue weighted by molar-refractivity contribution is 5.92. The summed E-state index contributed by atoms with van der Waals surface area (Å²) in [5.74, 6) is 0.0835. The number of carbonyl (C=O) groups is 2. The SMILES string of the molecule is CC(C)(C)OC(=O)NCC(C)(NCc1cccc(C(N)=O)c1)C1CC1. The largest absolute Gasteiger partial charge is 0.444 e. The number of nitrogens with two attached hydrogens (primary N) is 1. The van der Waals surface area contributed by atoms with Gasteiger partial charge in [0.15, 0.2) is 0 Å². The van der Waals surface area contributed by atoms with E-state index in [4.69, 9.17) is 10.5 Å². The molecule has 1 saturated carbocycles. The zero-order chi connectivity index (χ0) is 18.7.